The molecule has 9 heavy (non-hydrogen) atoms. The van der Waals surface area contributed by atoms with E-state index in [9.17, 15) is 4.79 Å². The van der Waals surface area contributed by atoms with Gasteiger partial charge in [0.2, 0.25) is 0 Å². The predicted molar refractivity (Wildman–Crippen MR) is 33.4 cm³/mol. The van der Waals surface area contributed by atoms with E-state index in [1.165, 1.54) is 0 Å². The Morgan fingerprint density at radius 1 is 2.00 bits per heavy atom. The molecule has 0 aromatic carbocycles. The SMILES string of the molecule is C=CCC(C)OC(=O)O. The van der Waals surface area contributed by atoms with E-state index >= 15 is 0 Å². The minimum atomic E-state index is -1.23. The summed E-state index contributed by atoms with van der Waals surface area (Å²) in [5.41, 5.74) is 0. The van der Waals surface area contributed by atoms with Crippen molar-refractivity contribution in [2.75, 3.05) is 0 Å². The molecule has 3 heteroatoms. The summed E-state index contributed by atoms with van der Waals surface area (Å²) in [5, 5.41) is 8.05. The molecule has 0 saturated carbocycles. The number of hydrogen-bond acceptors (Lipinski definition) is 2. The van der Waals surface area contributed by atoms with Gasteiger partial charge in [-0.15, -0.1) is 6.58 Å². The number of carbonyl (C=O) groups is 1. The van der Waals surface area contributed by atoms with E-state index < -0.39 is 6.16 Å². The molecular weight excluding hydrogens is 120 g/mol. The maximum atomic E-state index is 9.83. The van der Waals surface area contributed by atoms with Crippen LogP contribution in [0.5, 0.6) is 0 Å². The molecule has 0 spiro atoms. The number of carboxylic acid groups (broad SMARTS) is 1. The van der Waals surface area contributed by atoms with Crippen molar-refractivity contribution in [1.29, 1.82) is 0 Å². The molecule has 0 radical (unpaired) electrons. The van der Waals surface area contributed by atoms with E-state index in [0.717, 1.165) is 0 Å². The van der Waals surface area contributed by atoms with Gasteiger partial charge in [0, 0.05) is 6.42 Å². The summed E-state index contributed by atoms with van der Waals surface area (Å²) in [4.78, 5) is 9.83. The fourth-order valence-corrected chi connectivity index (χ4v) is 0.455. The molecular formula is C6H10O3. The minimum absolute atomic E-state index is 0.278. The Balaban J connectivity index is 3.37. The molecule has 0 aliphatic heterocycles. The third-order valence-corrected chi connectivity index (χ3v) is 0.801. The first-order valence-electron chi connectivity index (χ1n) is 2.67. The molecule has 3 nitrogen and oxygen atoms in total. The van der Waals surface area contributed by atoms with E-state index in [2.05, 4.69) is 11.3 Å². The standard InChI is InChI=1S/C6H10O3/c1-3-4-5(2)9-6(7)8/h3,5H,1,4H2,2H3,(H,7,8). The van der Waals surface area contributed by atoms with Gasteiger partial charge in [-0.2, -0.15) is 0 Å². The van der Waals surface area contributed by atoms with Crippen molar-refractivity contribution in [2.24, 2.45) is 0 Å². The Bertz CT molecular complexity index is 109. The zero-order valence-corrected chi connectivity index (χ0v) is 5.33. The van der Waals surface area contributed by atoms with Crippen molar-refractivity contribution in [3.63, 3.8) is 0 Å². The van der Waals surface area contributed by atoms with Gasteiger partial charge in [-0.3, -0.25) is 0 Å². The largest absolute Gasteiger partial charge is 0.506 e. The molecule has 0 heterocycles. The van der Waals surface area contributed by atoms with Gasteiger partial charge in [0.05, 0.1) is 0 Å². The van der Waals surface area contributed by atoms with E-state index in [1.807, 2.05) is 0 Å². The molecule has 52 valence electrons. The molecule has 0 amide bonds. The van der Waals surface area contributed by atoms with Crippen molar-refractivity contribution in [1.82, 2.24) is 0 Å². The first kappa shape index (κ1) is 8.01. The quantitative estimate of drug-likeness (QED) is 0.466. The molecule has 1 N–H and O–H groups in total. The lowest BCUT2D eigenvalue weighted by Gasteiger charge is -2.05. The van der Waals surface area contributed by atoms with E-state index in [1.54, 1.807) is 13.0 Å². The van der Waals surface area contributed by atoms with Crippen LogP contribution in [0, 0.1) is 0 Å². The molecule has 0 bridgehead atoms. The van der Waals surface area contributed by atoms with Gasteiger partial charge in [0.1, 0.15) is 6.10 Å². The lowest BCUT2D eigenvalue weighted by molar-refractivity contribution is 0.0603. The Labute approximate surface area is 53.9 Å². The first-order valence-corrected chi connectivity index (χ1v) is 2.67. The number of hydrogen-bond donors (Lipinski definition) is 1. The molecule has 0 aromatic heterocycles. The summed E-state index contributed by atoms with van der Waals surface area (Å²) in [6.07, 6.45) is 0.671. The third kappa shape index (κ3) is 4.87. The van der Waals surface area contributed by atoms with Crippen molar-refractivity contribution in [3.8, 4) is 0 Å². The van der Waals surface area contributed by atoms with Crippen LogP contribution in [0.1, 0.15) is 13.3 Å². The van der Waals surface area contributed by atoms with Crippen LogP contribution in [0.25, 0.3) is 0 Å². The van der Waals surface area contributed by atoms with Gasteiger partial charge in [-0.25, -0.2) is 4.79 Å². The Morgan fingerprint density at radius 3 is 2.89 bits per heavy atom. The van der Waals surface area contributed by atoms with Crippen LogP contribution in [-0.4, -0.2) is 17.4 Å². The third-order valence-electron chi connectivity index (χ3n) is 0.801. The molecule has 0 aliphatic carbocycles. The molecule has 1 unspecified atom stereocenters. The van der Waals surface area contributed by atoms with Crippen LogP contribution >= 0.6 is 0 Å². The Kier molecular flexibility index (Phi) is 3.51. The maximum Gasteiger partial charge on any atom is 0.506 e. The summed E-state index contributed by atoms with van der Waals surface area (Å²) < 4.78 is 4.34. The van der Waals surface area contributed by atoms with Crippen LogP contribution in [0.15, 0.2) is 12.7 Å². The van der Waals surface area contributed by atoms with Crippen molar-refractivity contribution in [3.05, 3.63) is 12.7 Å². The van der Waals surface area contributed by atoms with Gasteiger partial charge in [0.15, 0.2) is 0 Å². The fourth-order valence-electron chi connectivity index (χ4n) is 0.455. The average molecular weight is 130 g/mol. The Morgan fingerprint density at radius 2 is 2.56 bits per heavy atom. The monoisotopic (exact) mass is 130 g/mol. The molecule has 0 fully saturated rings. The summed E-state index contributed by atoms with van der Waals surface area (Å²) in [6, 6.07) is 0. The van der Waals surface area contributed by atoms with Gasteiger partial charge in [0.25, 0.3) is 0 Å². The molecule has 0 aliphatic rings. The highest BCUT2D eigenvalue weighted by molar-refractivity contribution is 5.57. The topological polar surface area (TPSA) is 46.5 Å². The Hall–Kier alpha value is -0.990. The zero-order chi connectivity index (χ0) is 7.28. The second-order valence-electron chi connectivity index (χ2n) is 1.72. The predicted octanol–water partition coefficient (Wildman–Crippen LogP) is 1.65. The van der Waals surface area contributed by atoms with Gasteiger partial charge in [-0.1, -0.05) is 6.08 Å². The van der Waals surface area contributed by atoms with E-state index in [-0.39, 0.29) is 6.10 Å². The van der Waals surface area contributed by atoms with Gasteiger partial charge in [-0.05, 0) is 6.92 Å². The first-order chi connectivity index (χ1) is 4.16. The molecule has 1 atom stereocenters. The summed E-state index contributed by atoms with van der Waals surface area (Å²) in [5.74, 6) is 0. The molecule has 0 aromatic rings. The summed E-state index contributed by atoms with van der Waals surface area (Å²) in [7, 11) is 0. The van der Waals surface area contributed by atoms with Crippen LogP contribution in [0.4, 0.5) is 4.79 Å². The van der Waals surface area contributed by atoms with Crippen molar-refractivity contribution >= 4 is 6.16 Å². The smallest absolute Gasteiger partial charge is 0.450 e. The number of ether oxygens (including phenoxy) is 1. The minimum Gasteiger partial charge on any atom is -0.450 e. The van der Waals surface area contributed by atoms with Crippen molar-refractivity contribution in [2.45, 2.75) is 19.4 Å². The van der Waals surface area contributed by atoms with E-state index in [0.29, 0.717) is 6.42 Å². The zero-order valence-electron chi connectivity index (χ0n) is 5.33. The van der Waals surface area contributed by atoms with Crippen LogP contribution < -0.4 is 0 Å². The second kappa shape index (κ2) is 3.95. The summed E-state index contributed by atoms with van der Waals surface area (Å²) >= 11 is 0. The lowest BCUT2D eigenvalue weighted by Crippen LogP contribution is -2.11. The molecule has 0 saturated heterocycles. The van der Waals surface area contributed by atoms with Crippen LogP contribution in [-0.2, 0) is 4.74 Å². The highest BCUT2D eigenvalue weighted by atomic mass is 16.7. The highest BCUT2D eigenvalue weighted by Gasteiger charge is 2.03. The van der Waals surface area contributed by atoms with Gasteiger partial charge < -0.3 is 9.84 Å². The summed E-state index contributed by atoms with van der Waals surface area (Å²) in [6.45, 7) is 5.11. The molecule has 0 rings (SSSR count). The second-order valence-corrected chi connectivity index (χ2v) is 1.72. The van der Waals surface area contributed by atoms with Crippen LogP contribution in [0.2, 0.25) is 0 Å². The van der Waals surface area contributed by atoms with Gasteiger partial charge >= 0.3 is 6.16 Å². The maximum absolute atomic E-state index is 9.83. The number of rotatable bonds is 3. The lowest BCUT2D eigenvalue weighted by atomic mass is 10.3. The highest BCUT2D eigenvalue weighted by Crippen LogP contribution is 1.96. The average Bonchev–Trinajstić information content (AvgIpc) is 1.63. The fraction of sp³-hybridized carbons (Fsp3) is 0.500. The van der Waals surface area contributed by atoms with E-state index in [4.69, 9.17) is 5.11 Å². The van der Waals surface area contributed by atoms with Crippen LogP contribution in [0.3, 0.4) is 0 Å². The normalized spacial score (nSPS) is 12.1. The van der Waals surface area contributed by atoms with Crippen molar-refractivity contribution < 1.29 is 14.6 Å².